The summed E-state index contributed by atoms with van der Waals surface area (Å²) in [6, 6.07) is 11.7. The van der Waals surface area contributed by atoms with E-state index in [1.807, 2.05) is 55.9 Å². The van der Waals surface area contributed by atoms with Crippen LogP contribution in [-0.2, 0) is 18.3 Å². The molecule has 23 heavy (non-hydrogen) atoms. The number of amides is 1. The summed E-state index contributed by atoms with van der Waals surface area (Å²) in [6.45, 7) is 3.91. The molecule has 0 spiro atoms. The van der Waals surface area contributed by atoms with E-state index in [-0.39, 0.29) is 12.3 Å². The van der Waals surface area contributed by atoms with Gasteiger partial charge >= 0.3 is 0 Å². The summed E-state index contributed by atoms with van der Waals surface area (Å²) in [5, 5.41) is 11.5. The van der Waals surface area contributed by atoms with E-state index >= 15 is 0 Å². The predicted octanol–water partition coefficient (Wildman–Crippen LogP) is 2.40. The molecule has 3 aromatic rings. The summed E-state index contributed by atoms with van der Waals surface area (Å²) in [5.74, 6) is 0.464. The first kappa shape index (κ1) is 15.0. The summed E-state index contributed by atoms with van der Waals surface area (Å²) in [4.78, 5) is 12.2. The van der Waals surface area contributed by atoms with Crippen LogP contribution in [0, 0.1) is 13.8 Å². The minimum Gasteiger partial charge on any atom is -0.309 e. The van der Waals surface area contributed by atoms with E-state index in [0.29, 0.717) is 5.82 Å². The Morgan fingerprint density at radius 3 is 2.52 bits per heavy atom. The fourth-order valence-electron chi connectivity index (χ4n) is 2.58. The molecule has 1 N–H and O–H groups in total. The van der Waals surface area contributed by atoms with Crippen LogP contribution in [0.4, 0.5) is 5.82 Å². The van der Waals surface area contributed by atoms with Gasteiger partial charge in [-0.1, -0.05) is 18.2 Å². The molecule has 1 aromatic carbocycles. The third-order valence-electron chi connectivity index (χ3n) is 3.76. The van der Waals surface area contributed by atoms with Gasteiger partial charge in [-0.2, -0.15) is 10.2 Å². The number of nitrogens with zero attached hydrogens (tertiary/aromatic N) is 4. The van der Waals surface area contributed by atoms with Crippen LogP contribution in [0.2, 0.25) is 0 Å². The Morgan fingerprint density at radius 2 is 1.87 bits per heavy atom. The highest BCUT2D eigenvalue weighted by molar-refractivity contribution is 5.91. The Balaban J connectivity index is 1.80. The van der Waals surface area contributed by atoms with Crippen LogP contribution in [0.25, 0.3) is 5.69 Å². The zero-order valence-corrected chi connectivity index (χ0v) is 13.4. The van der Waals surface area contributed by atoms with Crippen molar-refractivity contribution in [3.63, 3.8) is 0 Å². The Hall–Kier alpha value is -2.89. The number of benzene rings is 1. The van der Waals surface area contributed by atoms with Crippen molar-refractivity contribution >= 4 is 11.7 Å². The van der Waals surface area contributed by atoms with Crippen molar-refractivity contribution in [3.8, 4) is 5.69 Å². The van der Waals surface area contributed by atoms with E-state index in [1.165, 1.54) is 0 Å². The van der Waals surface area contributed by atoms with Gasteiger partial charge in [0.25, 0.3) is 0 Å². The van der Waals surface area contributed by atoms with Gasteiger partial charge in [0, 0.05) is 30.6 Å². The zero-order valence-electron chi connectivity index (χ0n) is 13.4. The van der Waals surface area contributed by atoms with Gasteiger partial charge < -0.3 is 5.32 Å². The van der Waals surface area contributed by atoms with Crippen LogP contribution in [0.1, 0.15) is 17.0 Å². The number of para-hydroxylation sites is 1. The summed E-state index contributed by atoms with van der Waals surface area (Å²) in [6.07, 6.45) is 2.07. The fraction of sp³-hybridized carbons (Fsp3) is 0.235. The smallest absolute Gasteiger partial charge is 0.230 e. The van der Waals surface area contributed by atoms with Crippen molar-refractivity contribution in [3.05, 3.63) is 59.5 Å². The van der Waals surface area contributed by atoms with Crippen molar-refractivity contribution in [1.82, 2.24) is 19.6 Å². The third-order valence-corrected chi connectivity index (χ3v) is 3.76. The molecule has 1 amide bonds. The van der Waals surface area contributed by atoms with Gasteiger partial charge in [-0.15, -0.1) is 0 Å². The Kier molecular flexibility index (Phi) is 3.97. The number of carbonyl (C=O) groups excluding carboxylic acids is 1. The summed E-state index contributed by atoms with van der Waals surface area (Å²) < 4.78 is 3.53. The molecule has 6 heteroatoms. The van der Waals surface area contributed by atoms with Gasteiger partial charge in [0.2, 0.25) is 5.91 Å². The van der Waals surface area contributed by atoms with Crippen LogP contribution in [0.5, 0.6) is 0 Å². The van der Waals surface area contributed by atoms with Crippen molar-refractivity contribution in [2.45, 2.75) is 20.3 Å². The maximum Gasteiger partial charge on any atom is 0.230 e. The second-order valence-electron chi connectivity index (χ2n) is 5.50. The first-order valence-electron chi connectivity index (χ1n) is 7.44. The standard InChI is InChI=1S/C17H19N5O/c1-12-15(11-17(23)18-16-9-10-21(3)20-16)13(2)22(19-12)14-7-5-4-6-8-14/h4-10H,11H2,1-3H3,(H,18,20,23). The van der Waals surface area contributed by atoms with Crippen LogP contribution >= 0.6 is 0 Å². The maximum atomic E-state index is 12.2. The lowest BCUT2D eigenvalue weighted by Crippen LogP contribution is -2.16. The topological polar surface area (TPSA) is 64.7 Å². The van der Waals surface area contributed by atoms with Crippen molar-refractivity contribution in [2.24, 2.45) is 7.05 Å². The second kappa shape index (κ2) is 6.08. The normalized spacial score (nSPS) is 10.7. The molecule has 0 atom stereocenters. The average molecular weight is 309 g/mol. The molecule has 0 saturated carbocycles. The van der Waals surface area contributed by atoms with Crippen LogP contribution < -0.4 is 5.32 Å². The predicted molar refractivity (Wildman–Crippen MR) is 88.6 cm³/mol. The van der Waals surface area contributed by atoms with E-state index in [4.69, 9.17) is 0 Å². The number of aryl methyl sites for hydroxylation is 2. The number of hydrogen-bond donors (Lipinski definition) is 1. The summed E-state index contributed by atoms with van der Waals surface area (Å²) in [5.41, 5.74) is 3.78. The van der Waals surface area contributed by atoms with Crippen LogP contribution in [-0.4, -0.2) is 25.5 Å². The summed E-state index contributed by atoms with van der Waals surface area (Å²) in [7, 11) is 1.81. The molecule has 2 heterocycles. The molecule has 0 saturated heterocycles. The number of carbonyl (C=O) groups is 1. The second-order valence-corrected chi connectivity index (χ2v) is 5.50. The van der Waals surface area contributed by atoms with Crippen molar-refractivity contribution in [1.29, 1.82) is 0 Å². The van der Waals surface area contributed by atoms with Crippen LogP contribution in [0.3, 0.4) is 0 Å². The first-order chi connectivity index (χ1) is 11.0. The van der Waals surface area contributed by atoms with Crippen molar-refractivity contribution in [2.75, 3.05) is 5.32 Å². The molecule has 6 nitrogen and oxygen atoms in total. The Labute approximate surface area is 134 Å². The number of aromatic nitrogens is 4. The first-order valence-corrected chi connectivity index (χ1v) is 7.44. The minimum atomic E-state index is -0.0949. The average Bonchev–Trinajstić information content (AvgIpc) is 3.06. The fourth-order valence-corrected chi connectivity index (χ4v) is 2.58. The molecule has 118 valence electrons. The lowest BCUT2D eigenvalue weighted by atomic mass is 10.1. The highest BCUT2D eigenvalue weighted by Crippen LogP contribution is 2.18. The van der Waals surface area contributed by atoms with Crippen LogP contribution in [0.15, 0.2) is 42.6 Å². The van der Waals surface area contributed by atoms with E-state index in [1.54, 1.807) is 16.9 Å². The van der Waals surface area contributed by atoms with Gasteiger partial charge in [0.1, 0.15) is 0 Å². The maximum absolute atomic E-state index is 12.2. The molecule has 0 radical (unpaired) electrons. The van der Waals surface area contributed by atoms with Gasteiger partial charge in [-0.25, -0.2) is 4.68 Å². The third kappa shape index (κ3) is 3.15. The molecule has 0 unspecified atom stereocenters. The lowest BCUT2D eigenvalue weighted by molar-refractivity contribution is -0.115. The Bertz CT molecular complexity index is 832. The number of anilines is 1. The minimum absolute atomic E-state index is 0.0949. The van der Waals surface area contributed by atoms with E-state index < -0.39 is 0 Å². The van der Waals surface area contributed by atoms with Gasteiger partial charge in [0.15, 0.2) is 5.82 Å². The summed E-state index contributed by atoms with van der Waals surface area (Å²) >= 11 is 0. The molecule has 0 bridgehead atoms. The van der Waals surface area contributed by atoms with Gasteiger partial charge in [0.05, 0.1) is 17.8 Å². The number of rotatable bonds is 4. The van der Waals surface area contributed by atoms with Gasteiger partial charge in [-0.05, 0) is 26.0 Å². The highest BCUT2D eigenvalue weighted by Gasteiger charge is 2.16. The Morgan fingerprint density at radius 1 is 1.13 bits per heavy atom. The lowest BCUT2D eigenvalue weighted by Gasteiger charge is -2.05. The zero-order chi connectivity index (χ0) is 16.4. The monoisotopic (exact) mass is 309 g/mol. The molecule has 0 fully saturated rings. The molecule has 0 aliphatic rings. The molecule has 3 rings (SSSR count). The molecule has 0 aliphatic carbocycles. The molecule has 2 aromatic heterocycles. The SMILES string of the molecule is Cc1nn(-c2ccccc2)c(C)c1CC(=O)Nc1ccn(C)n1. The molecular formula is C17H19N5O. The van der Waals surface area contributed by atoms with E-state index in [9.17, 15) is 4.79 Å². The highest BCUT2D eigenvalue weighted by atomic mass is 16.1. The van der Waals surface area contributed by atoms with E-state index in [2.05, 4.69) is 15.5 Å². The number of nitrogens with one attached hydrogen (secondary N) is 1. The number of hydrogen-bond acceptors (Lipinski definition) is 3. The quantitative estimate of drug-likeness (QED) is 0.805. The van der Waals surface area contributed by atoms with Crippen molar-refractivity contribution < 1.29 is 4.79 Å². The molecule has 0 aliphatic heterocycles. The van der Waals surface area contributed by atoms with Gasteiger partial charge in [-0.3, -0.25) is 9.48 Å². The largest absolute Gasteiger partial charge is 0.309 e. The van der Waals surface area contributed by atoms with E-state index in [0.717, 1.165) is 22.6 Å². The molecular weight excluding hydrogens is 290 g/mol.